The molecule has 1 heterocycles. The maximum absolute atomic E-state index is 13.7. The van der Waals surface area contributed by atoms with E-state index in [0.717, 1.165) is 17.8 Å². The summed E-state index contributed by atoms with van der Waals surface area (Å²) >= 11 is 2.33. The summed E-state index contributed by atoms with van der Waals surface area (Å²) in [6, 6.07) is 4.01. The van der Waals surface area contributed by atoms with Gasteiger partial charge in [-0.3, -0.25) is 4.79 Å². The largest absolute Gasteiger partial charge is 0.343 e. The van der Waals surface area contributed by atoms with E-state index in [1.165, 1.54) is 28.6 Å². The second-order valence-corrected chi connectivity index (χ2v) is 6.88. The molecule has 0 bridgehead atoms. The number of hydrogen-bond donors (Lipinski definition) is 1. The van der Waals surface area contributed by atoms with E-state index in [9.17, 15) is 13.6 Å². The van der Waals surface area contributed by atoms with Gasteiger partial charge in [-0.15, -0.1) is 10.2 Å². The predicted octanol–water partition coefficient (Wildman–Crippen LogP) is 2.52. The number of benzene rings is 1. The summed E-state index contributed by atoms with van der Waals surface area (Å²) < 4.78 is 28.1. The molecule has 0 saturated carbocycles. The zero-order chi connectivity index (χ0) is 18.4. The van der Waals surface area contributed by atoms with Gasteiger partial charge in [-0.25, -0.2) is 13.5 Å². The average molecular weight is 387 g/mol. The topological polar surface area (TPSA) is 77.0 Å². The number of rotatable bonds is 8. The predicted molar refractivity (Wildman–Crippen MR) is 94.7 cm³/mol. The van der Waals surface area contributed by atoms with E-state index in [4.69, 9.17) is 5.84 Å². The first-order chi connectivity index (χ1) is 12.0. The van der Waals surface area contributed by atoms with Crippen molar-refractivity contribution in [2.24, 2.45) is 0 Å². The number of aromatic nitrogens is 3. The molecule has 10 heteroatoms. The van der Waals surface area contributed by atoms with Gasteiger partial charge in [-0.2, -0.15) is 0 Å². The Bertz CT molecular complexity index is 737. The molecule has 2 N–H and O–H groups in total. The highest BCUT2D eigenvalue weighted by molar-refractivity contribution is 8.00. The monoisotopic (exact) mass is 387 g/mol. The maximum Gasteiger partial charge on any atom is 0.233 e. The lowest BCUT2D eigenvalue weighted by Crippen LogP contribution is -2.32. The molecule has 1 aromatic carbocycles. The van der Waals surface area contributed by atoms with Crippen LogP contribution in [0.1, 0.15) is 19.4 Å². The third kappa shape index (κ3) is 4.85. The molecule has 1 amide bonds. The van der Waals surface area contributed by atoms with E-state index in [2.05, 4.69) is 10.2 Å². The minimum absolute atomic E-state index is 0.00552. The minimum atomic E-state index is -0.890. The fraction of sp³-hybridized carbons (Fsp3) is 0.400. The van der Waals surface area contributed by atoms with Crippen molar-refractivity contribution in [3.05, 3.63) is 35.4 Å². The quantitative estimate of drug-likeness (QED) is 0.554. The molecule has 0 aliphatic carbocycles. The highest BCUT2D eigenvalue weighted by atomic mass is 32.2. The lowest BCUT2D eigenvalue weighted by molar-refractivity contribution is -0.127. The molecule has 0 atom stereocenters. The molecule has 2 aromatic rings. The van der Waals surface area contributed by atoms with Crippen LogP contribution < -0.4 is 5.84 Å². The van der Waals surface area contributed by atoms with Gasteiger partial charge in [0.2, 0.25) is 16.2 Å². The molecule has 0 aliphatic heterocycles. The molecular formula is C15H19F2N5OS2. The Morgan fingerprint density at radius 1 is 1.20 bits per heavy atom. The lowest BCUT2D eigenvalue weighted by Gasteiger charge is -2.17. The molecule has 0 unspecified atom stereocenters. The van der Waals surface area contributed by atoms with E-state index in [-0.39, 0.29) is 23.0 Å². The van der Waals surface area contributed by atoms with E-state index < -0.39 is 11.6 Å². The van der Waals surface area contributed by atoms with E-state index in [0.29, 0.717) is 23.4 Å². The fourth-order valence-corrected chi connectivity index (χ4v) is 3.71. The number of thioether (sulfide) groups is 2. The van der Waals surface area contributed by atoms with Crippen molar-refractivity contribution in [3.8, 4) is 0 Å². The summed E-state index contributed by atoms with van der Waals surface area (Å²) in [6.07, 6.45) is 0. The number of halogens is 2. The van der Waals surface area contributed by atoms with Crippen LogP contribution in [0.25, 0.3) is 0 Å². The third-order valence-corrected chi connectivity index (χ3v) is 5.38. The molecule has 6 nitrogen and oxygen atoms in total. The third-order valence-electron chi connectivity index (χ3n) is 3.46. The standard InChI is InChI=1S/C15H19F2N5OS2/c1-3-21(4-2)12(23)9-25-15-20-19-14(22(15)18)24-8-10-6-5-7-11(16)13(10)17/h5-7H,3-4,8-9,18H2,1-2H3. The van der Waals surface area contributed by atoms with Crippen LogP contribution in [0.15, 0.2) is 28.5 Å². The molecule has 0 aliphatic rings. The summed E-state index contributed by atoms with van der Waals surface area (Å²) in [6.45, 7) is 5.12. The summed E-state index contributed by atoms with van der Waals surface area (Å²) in [4.78, 5) is 13.7. The molecule has 25 heavy (non-hydrogen) atoms. The van der Waals surface area contributed by atoms with Crippen LogP contribution in [-0.4, -0.2) is 44.5 Å². The van der Waals surface area contributed by atoms with E-state index in [1.54, 1.807) is 4.90 Å². The normalized spacial score (nSPS) is 10.9. The molecule has 0 spiro atoms. The first-order valence-corrected chi connectivity index (χ1v) is 9.61. The molecule has 1 aromatic heterocycles. The van der Waals surface area contributed by atoms with Crippen molar-refractivity contribution in [2.75, 3.05) is 24.7 Å². The number of nitrogens with two attached hydrogens (primary N) is 1. The first-order valence-electron chi connectivity index (χ1n) is 7.64. The van der Waals surface area contributed by atoms with Gasteiger partial charge in [0, 0.05) is 24.4 Å². The second kappa shape index (κ2) is 9.04. The van der Waals surface area contributed by atoms with Gasteiger partial charge >= 0.3 is 0 Å². The average Bonchev–Trinajstić information content (AvgIpc) is 2.95. The summed E-state index contributed by atoms with van der Waals surface area (Å²) in [5, 5.41) is 8.63. The van der Waals surface area contributed by atoms with Crippen molar-refractivity contribution in [1.29, 1.82) is 0 Å². The van der Waals surface area contributed by atoms with Gasteiger partial charge < -0.3 is 10.7 Å². The van der Waals surface area contributed by atoms with E-state index >= 15 is 0 Å². The van der Waals surface area contributed by atoms with Gasteiger partial charge in [-0.1, -0.05) is 35.7 Å². The van der Waals surface area contributed by atoms with Crippen LogP contribution in [0, 0.1) is 11.6 Å². The van der Waals surface area contributed by atoms with Crippen molar-refractivity contribution in [2.45, 2.75) is 29.9 Å². The van der Waals surface area contributed by atoms with Gasteiger partial charge in [0.25, 0.3) is 0 Å². The highest BCUT2D eigenvalue weighted by Crippen LogP contribution is 2.25. The molecule has 0 fully saturated rings. The Morgan fingerprint density at radius 3 is 2.48 bits per heavy atom. The molecule has 2 rings (SSSR count). The summed E-state index contributed by atoms with van der Waals surface area (Å²) in [7, 11) is 0. The summed E-state index contributed by atoms with van der Waals surface area (Å²) in [5.74, 6) is 4.52. The van der Waals surface area contributed by atoms with Gasteiger partial charge in [0.1, 0.15) is 0 Å². The van der Waals surface area contributed by atoms with Crippen LogP contribution in [-0.2, 0) is 10.5 Å². The number of hydrogen-bond acceptors (Lipinski definition) is 6. The molecule has 0 radical (unpaired) electrons. The second-order valence-electron chi connectivity index (χ2n) is 4.99. The fourth-order valence-electron chi connectivity index (χ4n) is 2.06. The van der Waals surface area contributed by atoms with Crippen LogP contribution in [0.2, 0.25) is 0 Å². The van der Waals surface area contributed by atoms with E-state index in [1.807, 2.05) is 13.8 Å². The Balaban J connectivity index is 1.96. The van der Waals surface area contributed by atoms with Gasteiger partial charge in [0.15, 0.2) is 11.6 Å². The Hall–Kier alpha value is -1.81. The van der Waals surface area contributed by atoms with Crippen molar-refractivity contribution in [1.82, 2.24) is 19.8 Å². The van der Waals surface area contributed by atoms with Crippen molar-refractivity contribution < 1.29 is 13.6 Å². The Morgan fingerprint density at radius 2 is 1.84 bits per heavy atom. The zero-order valence-electron chi connectivity index (χ0n) is 13.9. The van der Waals surface area contributed by atoms with Crippen LogP contribution in [0.3, 0.4) is 0 Å². The minimum Gasteiger partial charge on any atom is -0.343 e. The number of carbonyl (C=O) groups excluding carboxylic acids is 1. The van der Waals surface area contributed by atoms with Gasteiger partial charge in [0.05, 0.1) is 5.75 Å². The number of carbonyl (C=O) groups is 1. The smallest absolute Gasteiger partial charge is 0.233 e. The van der Waals surface area contributed by atoms with Crippen molar-refractivity contribution in [3.63, 3.8) is 0 Å². The van der Waals surface area contributed by atoms with Crippen LogP contribution in [0.5, 0.6) is 0 Å². The lowest BCUT2D eigenvalue weighted by atomic mass is 10.2. The first kappa shape index (κ1) is 19.5. The highest BCUT2D eigenvalue weighted by Gasteiger charge is 2.16. The maximum atomic E-state index is 13.7. The number of nitrogens with zero attached hydrogens (tertiary/aromatic N) is 4. The molecular weight excluding hydrogens is 368 g/mol. The Kier molecular flexibility index (Phi) is 7.06. The molecule has 136 valence electrons. The number of nitrogen functional groups attached to an aromatic ring is 1. The number of amides is 1. The van der Waals surface area contributed by atoms with Gasteiger partial charge in [-0.05, 0) is 19.9 Å². The van der Waals surface area contributed by atoms with Crippen molar-refractivity contribution >= 4 is 29.4 Å². The SMILES string of the molecule is CCN(CC)C(=O)CSc1nnc(SCc2cccc(F)c2F)n1N. The molecule has 0 saturated heterocycles. The van der Waals surface area contributed by atoms with Crippen LogP contribution in [0.4, 0.5) is 8.78 Å². The summed E-state index contributed by atoms with van der Waals surface area (Å²) in [5.41, 5.74) is 0.221. The van der Waals surface area contributed by atoms with Crippen LogP contribution >= 0.6 is 23.5 Å². The zero-order valence-corrected chi connectivity index (χ0v) is 15.5. The Labute approximate surface area is 153 Å².